The molecule has 0 aromatic heterocycles. The van der Waals surface area contributed by atoms with Crippen molar-refractivity contribution in [3.63, 3.8) is 0 Å². The molecule has 0 amide bonds. The molecule has 0 saturated carbocycles. The van der Waals surface area contributed by atoms with Crippen LogP contribution in [0.4, 0.5) is 0 Å². The van der Waals surface area contributed by atoms with Crippen LogP contribution in [0.2, 0.25) is 0 Å². The fraction of sp³-hybridized carbons (Fsp3) is 1.00. The summed E-state index contributed by atoms with van der Waals surface area (Å²) in [6, 6.07) is -0.512. The van der Waals surface area contributed by atoms with E-state index in [9.17, 15) is 16.8 Å². The van der Waals surface area contributed by atoms with Gasteiger partial charge in [0.2, 0.25) is 10.0 Å². The lowest BCUT2D eigenvalue weighted by Gasteiger charge is -2.25. The van der Waals surface area contributed by atoms with Gasteiger partial charge in [-0.05, 0) is 13.3 Å². The zero-order valence-corrected chi connectivity index (χ0v) is 10.8. The van der Waals surface area contributed by atoms with Crippen molar-refractivity contribution in [2.75, 3.05) is 30.4 Å². The smallest absolute Gasteiger partial charge is 0.214 e. The average Bonchev–Trinajstić information content (AvgIpc) is 2.54. The highest BCUT2D eigenvalue weighted by Crippen LogP contribution is 2.20. The molecule has 0 spiro atoms. The highest BCUT2D eigenvalue weighted by atomic mass is 32.2. The van der Waals surface area contributed by atoms with Crippen molar-refractivity contribution < 1.29 is 21.9 Å². The predicted molar refractivity (Wildman–Crippen MR) is 60.3 cm³/mol. The van der Waals surface area contributed by atoms with E-state index in [1.54, 1.807) is 0 Å². The Hall–Kier alpha value is -0.180. The molecule has 1 saturated heterocycles. The fourth-order valence-corrected chi connectivity index (χ4v) is 4.97. The van der Waals surface area contributed by atoms with Gasteiger partial charge in [-0.25, -0.2) is 16.8 Å². The van der Waals surface area contributed by atoms with E-state index in [4.69, 9.17) is 5.11 Å². The second kappa shape index (κ2) is 4.99. The van der Waals surface area contributed by atoms with E-state index in [2.05, 4.69) is 0 Å². The van der Waals surface area contributed by atoms with Crippen molar-refractivity contribution >= 4 is 19.9 Å². The van der Waals surface area contributed by atoms with E-state index in [0.717, 1.165) is 4.31 Å². The van der Waals surface area contributed by atoms with E-state index in [0.29, 0.717) is 6.42 Å². The molecular formula is C8H17NO5S2. The van der Waals surface area contributed by atoms with Crippen molar-refractivity contribution in [1.29, 1.82) is 0 Å². The maximum absolute atomic E-state index is 11.7. The first-order valence-electron chi connectivity index (χ1n) is 5.13. The van der Waals surface area contributed by atoms with Crippen LogP contribution in [0.15, 0.2) is 0 Å². The van der Waals surface area contributed by atoms with E-state index >= 15 is 0 Å². The van der Waals surface area contributed by atoms with E-state index in [1.165, 1.54) is 6.92 Å². The third kappa shape index (κ3) is 3.16. The molecule has 1 heterocycles. The zero-order valence-electron chi connectivity index (χ0n) is 9.16. The molecular weight excluding hydrogens is 254 g/mol. The van der Waals surface area contributed by atoms with Crippen LogP contribution in [0.25, 0.3) is 0 Å². The summed E-state index contributed by atoms with van der Waals surface area (Å²) in [5.41, 5.74) is 0. The molecule has 0 aliphatic carbocycles. The minimum absolute atomic E-state index is 0.0266. The average molecular weight is 271 g/mol. The Morgan fingerprint density at radius 2 is 2.06 bits per heavy atom. The normalized spacial score (nSPS) is 25.1. The molecule has 1 aliphatic heterocycles. The van der Waals surface area contributed by atoms with E-state index in [1.807, 2.05) is 0 Å². The van der Waals surface area contributed by atoms with Crippen LogP contribution in [-0.2, 0) is 19.9 Å². The summed E-state index contributed by atoms with van der Waals surface area (Å²) in [6.45, 7) is 1.18. The van der Waals surface area contributed by atoms with Gasteiger partial charge in [0.05, 0.1) is 23.9 Å². The molecule has 8 heteroatoms. The van der Waals surface area contributed by atoms with Crippen molar-refractivity contribution in [1.82, 2.24) is 4.31 Å². The summed E-state index contributed by atoms with van der Waals surface area (Å²) in [4.78, 5) is 0. The Morgan fingerprint density at radius 1 is 1.44 bits per heavy atom. The second-order valence-corrected chi connectivity index (χ2v) is 8.23. The van der Waals surface area contributed by atoms with Gasteiger partial charge in [-0.15, -0.1) is 0 Å². The Bertz CT molecular complexity index is 427. The summed E-state index contributed by atoms with van der Waals surface area (Å²) in [6.07, 6.45) is 0.321. The van der Waals surface area contributed by atoms with Gasteiger partial charge in [0, 0.05) is 12.6 Å². The first kappa shape index (κ1) is 13.9. The largest absolute Gasteiger partial charge is 0.395 e. The Kier molecular flexibility index (Phi) is 4.33. The van der Waals surface area contributed by atoms with Crippen molar-refractivity contribution in [3.05, 3.63) is 0 Å². The molecule has 1 N–H and O–H groups in total. The molecule has 0 aromatic carbocycles. The zero-order chi connectivity index (χ0) is 12.4. The molecule has 16 heavy (non-hydrogen) atoms. The van der Waals surface area contributed by atoms with Gasteiger partial charge in [0.1, 0.15) is 0 Å². The lowest BCUT2D eigenvalue weighted by molar-refractivity contribution is 0.233. The second-order valence-electron chi connectivity index (χ2n) is 3.79. The number of rotatable bonds is 5. The third-order valence-electron chi connectivity index (χ3n) is 2.66. The van der Waals surface area contributed by atoms with Crippen molar-refractivity contribution in [3.8, 4) is 0 Å². The quantitative estimate of drug-likeness (QED) is 0.679. The Balaban J connectivity index is 2.88. The van der Waals surface area contributed by atoms with Crippen molar-refractivity contribution in [2.24, 2.45) is 0 Å². The monoisotopic (exact) mass is 271 g/mol. The fourth-order valence-electron chi connectivity index (χ4n) is 1.82. The molecule has 6 nitrogen and oxygen atoms in total. The van der Waals surface area contributed by atoms with Gasteiger partial charge in [-0.3, -0.25) is 0 Å². The maximum atomic E-state index is 11.7. The molecule has 1 aliphatic rings. The van der Waals surface area contributed by atoms with E-state index < -0.39 is 25.9 Å². The maximum Gasteiger partial charge on any atom is 0.214 e. The van der Waals surface area contributed by atoms with Crippen molar-refractivity contribution in [2.45, 2.75) is 19.4 Å². The first-order valence-corrected chi connectivity index (χ1v) is 8.56. The highest BCUT2D eigenvalue weighted by molar-refractivity contribution is 7.92. The topological polar surface area (TPSA) is 91.8 Å². The number of aliphatic hydroxyl groups is 1. The summed E-state index contributed by atoms with van der Waals surface area (Å²) < 4.78 is 47.1. The summed E-state index contributed by atoms with van der Waals surface area (Å²) >= 11 is 0. The molecule has 0 bridgehead atoms. The molecule has 96 valence electrons. The highest BCUT2D eigenvalue weighted by Gasteiger charge is 2.36. The minimum Gasteiger partial charge on any atom is -0.395 e. The number of sulfone groups is 1. The minimum atomic E-state index is -3.45. The lowest BCUT2D eigenvalue weighted by Crippen LogP contribution is -2.43. The standard InChI is InChI=1S/C8H17NO5S2/c1-2-16(13,14)9(4-5-10)8-3-6-15(11,12)7-8/h8,10H,2-7H2,1H3. The van der Waals surface area contributed by atoms with Crippen LogP contribution in [-0.4, -0.2) is 62.7 Å². The molecule has 1 unspecified atom stereocenters. The van der Waals surface area contributed by atoms with E-state index in [-0.39, 0.29) is 30.4 Å². The van der Waals surface area contributed by atoms with Gasteiger partial charge >= 0.3 is 0 Å². The van der Waals surface area contributed by atoms with Crippen LogP contribution in [0.5, 0.6) is 0 Å². The molecule has 1 fully saturated rings. The Labute approximate surface area is 96.2 Å². The van der Waals surface area contributed by atoms with Crippen LogP contribution in [0.3, 0.4) is 0 Å². The third-order valence-corrected chi connectivity index (χ3v) is 6.33. The van der Waals surface area contributed by atoms with Crippen LogP contribution >= 0.6 is 0 Å². The van der Waals surface area contributed by atoms with Crippen LogP contribution < -0.4 is 0 Å². The first-order chi connectivity index (χ1) is 7.32. The summed E-state index contributed by atoms with van der Waals surface area (Å²) in [7, 11) is -6.56. The Morgan fingerprint density at radius 3 is 2.44 bits per heavy atom. The molecule has 1 rings (SSSR count). The van der Waals surface area contributed by atoms with Gasteiger partial charge in [0.15, 0.2) is 9.84 Å². The number of sulfonamides is 1. The van der Waals surface area contributed by atoms with Gasteiger partial charge in [0.25, 0.3) is 0 Å². The molecule has 0 radical (unpaired) electrons. The van der Waals surface area contributed by atoms with Crippen LogP contribution in [0, 0.1) is 0 Å². The predicted octanol–water partition coefficient (Wildman–Crippen LogP) is -1.18. The summed E-state index contributed by atoms with van der Waals surface area (Å²) in [5.74, 6) is -0.186. The van der Waals surface area contributed by atoms with Crippen LogP contribution in [0.1, 0.15) is 13.3 Å². The van der Waals surface area contributed by atoms with Gasteiger partial charge in [-0.2, -0.15) is 4.31 Å². The SMILES string of the molecule is CCS(=O)(=O)N(CCO)C1CCS(=O)(=O)C1. The van der Waals surface area contributed by atoms with Gasteiger partial charge in [-0.1, -0.05) is 0 Å². The number of hydrogen-bond donors (Lipinski definition) is 1. The molecule has 0 aromatic rings. The van der Waals surface area contributed by atoms with Gasteiger partial charge < -0.3 is 5.11 Å². The lowest BCUT2D eigenvalue weighted by atomic mass is 10.3. The number of aliphatic hydroxyl groups excluding tert-OH is 1. The number of nitrogens with zero attached hydrogens (tertiary/aromatic N) is 1. The molecule has 1 atom stereocenters. The summed E-state index contributed by atoms with van der Waals surface area (Å²) in [5, 5.41) is 8.83. The number of hydrogen-bond acceptors (Lipinski definition) is 5.